The van der Waals surface area contributed by atoms with E-state index in [9.17, 15) is 9.18 Å². The lowest BCUT2D eigenvalue weighted by molar-refractivity contribution is 0.232. The predicted octanol–water partition coefficient (Wildman–Crippen LogP) is 3.28. The number of nitrogens with two attached hydrogens (primary N) is 1. The first-order chi connectivity index (χ1) is 12.9. The number of nitrogens with one attached hydrogen (secondary N) is 2. The van der Waals surface area contributed by atoms with Crippen LogP contribution in [0.4, 0.5) is 10.1 Å². The third-order valence-corrected chi connectivity index (χ3v) is 4.35. The highest BCUT2D eigenvalue weighted by molar-refractivity contribution is 6.06. The Balaban J connectivity index is 2.12. The third kappa shape index (κ3) is 2.69. The van der Waals surface area contributed by atoms with Gasteiger partial charge in [0.1, 0.15) is 22.5 Å². The van der Waals surface area contributed by atoms with Gasteiger partial charge in [0.15, 0.2) is 0 Å². The standard InChI is InChI=1S/C19H18FN5O2/c1-8(2)27-19-9(3)6-13-17(24-19)14(15(21)18(26)23-13)10-4-5-12(20)16-11(10)7-22-25-16/h4-8H,21H2,1-3H3,(H,22,25)(H,23,26). The molecular formula is C19H18FN5O2. The van der Waals surface area contributed by atoms with Gasteiger partial charge in [0, 0.05) is 16.5 Å². The van der Waals surface area contributed by atoms with Crippen LogP contribution in [0, 0.1) is 12.7 Å². The molecule has 3 heterocycles. The van der Waals surface area contributed by atoms with Crippen molar-refractivity contribution in [2.75, 3.05) is 5.73 Å². The number of fused-ring (bicyclic) bond motifs is 2. The number of nitrogen functional groups attached to an aromatic ring is 1. The summed E-state index contributed by atoms with van der Waals surface area (Å²) in [7, 11) is 0. The Morgan fingerprint density at radius 3 is 2.81 bits per heavy atom. The topological polar surface area (TPSA) is 110 Å². The molecular weight excluding hydrogens is 349 g/mol. The summed E-state index contributed by atoms with van der Waals surface area (Å²) in [5.41, 5.74) is 8.71. The maximum absolute atomic E-state index is 14.1. The van der Waals surface area contributed by atoms with Gasteiger partial charge in [-0.15, -0.1) is 0 Å². The molecule has 3 aromatic heterocycles. The molecule has 4 N–H and O–H groups in total. The number of ether oxygens (including phenoxy) is 1. The van der Waals surface area contributed by atoms with Crippen molar-refractivity contribution >= 4 is 27.6 Å². The number of pyridine rings is 2. The first-order valence-electron chi connectivity index (χ1n) is 8.48. The van der Waals surface area contributed by atoms with Crippen LogP contribution in [0.3, 0.4) is 0 Å². The van der Waals surface area contributed by atoms with Crippen molar-refractivity contribution in [3.8, 4) is 17.0 Å². The molecule has 1 aromatic carbocycles. The van der Waals surface area contributed by atoms with Crippen molar-refractivity contribution in [3.05, 3.63) is 46.1 Å². The van der Waals surface area contributed by atoms with Crippen molar-refractivity contribution < 1.29 is 9.13 Å². The zero-order chi connectivity index (χ0) is 19.3. The molecule has 0 aliphatic heterocycles. The summed E-state index contributed by atoms with van der Waals surface area (Å²) in [6.07, 6.45) is 1.43. The van der Waals surface area contributed by atoms with Crippen LogP contribution < -0.4 is 16.0 Å². The van der Waals surface area contributed by atoms with Gasteiger partial charge in [-0.3, -0.25) is 9.89 Å². The van der Waals surface area contributed by atoms with Crippen molar-refractivity contribution in [1.29, 1.82) is 0 Å². The zero-order valence-corrected chi connectivity index (χ0v) is 15.1. The molecule has 0 unspecified atom stereocenters. The fraction of sp³-hybridized carbons (Fsp3) is 0.211. The van der Waals surface area contributed by atoms with E-state index in [1.54, 1.807) is 12.1 Å². The van der Waals surface area contributed by atoms with E-state index in [1.807, 2.05) is 20.8 Å². The number of nitrogens with zero attached hydrogens (tertiary/aromatic N) is 2. The lowest BCUT2D eigenvalue weighted by Crippen LogP contribution is -2.15. The fourth-order valence-corrected chi connectivity index (χ4v) is 3.15. The summed E-state index contributed by atoms with van der Waals surface area (Å²) in [6.45, 7) is 5.66. The van der Waals surface area contributed by atoms with Gasteiger partial charge in [0.05, 0.1) is 17.8 Å². The maximum atomic E-state index is 14.1. The van der Waals surface area contributed by atoms with Gasteiger partial charge in [0.2, 0.25) is 5.88 Å². The molecule has 0 amide bonds. The highest BCUT2D eigenvalue weighted by atomic mass is 19.1. The van der Waals surface area contributed by atoms with Crippen molar-refractivity contribution in [3.63, 3.8) is 0 Å². The van der Waals surface area contributed by atoms with E-state index in [0.29, 0.717) is 33.4 Å². The molecule has 7 nitrogen and oxygen atoms in total. The second-order valence-electron chi connectivity index (χ2n) is 6.67. The first kappa shape index (κ1) is 17.0. The molecule has 0 fully saturated rings. The Bertz CT molecular complexity index is 1240. The van der Waals surface area contributed by atoms with E-state index in [2.05, 4.69) is 20.2 Å². The van der Waals surface area contributed by atoms with Crippen LogP contribution in [-0.4, -0.2) is 26.3 Å². The monoisotopic (exact) mass is 367 g/mol. The minimum Gasteiger partial charge on any atom is -0.475 e. The van der Waals surface area contributed by atoms with Crippen LogP contribution in [0.25, 0.3) is 33.1 Å². The average Bonchev–Trinajstić information content (AvgIpc) is 3.09. The zero-order valence-electron chi connectivity index (χ0n) is 15.1. The third-order valence-electron chi connectivity index (χ3n) is 4.35. The Morgan fingerprint density at radius 1 is 1.30 bits per heavy atom. The summed E-state index contributed by atoms with van der Waals surface area (Å²) in [6, 6.07) is 4.67. The highest BCUT2D eigenvalue weighted by Gasteiger charge is 2.19. The van der Waals surface area contributed by atoms with Crippen molar-refractivity contribution in [2.24, 2.45) is 0 Å². The number of rotatable bonds is 3. The largest absolute Gasteiger partial charge is 0.475 e. The second kappa shape index (κ2) is 6.08. The maximum Gasteiger partial charge on any atom is 0.272 e. The van der Waals surface area contributed by atoms with Gasteiger partial charge < -0.3 is 15.5 Å². The van der Waals surface area contributed by atoms with Crippen molar-refractivity contribution in [1.82, 2.24) is 20.2 Å². The van der Waals surface area contributed by atoms with Gasteiger partial charge >= 0.3 is 0 Å². The van der Waals surface area contributed by atoms with Gasteiger partial charge in [-0.05, 0) is 38.5 Å². The van der Waals surface area contributed by atoms with Gasteiger partial charge in [0.25, 0.3) is 5.56 Å². The number of anilines is 1. The Labute approximate surface area is 153 Å². The van der Waals surface area contributed by atoms with E-state index < -0.39 is 11.4 Å². The molecule has 4 aromatic rings. The molecule has 0 saturated carbocycles. The number of benzene rings is 1. The number of aryl methyl sites for hydroxylation is 1. The highest BCUT2D eigenvalue weighted by Crippen LogP contribution is 2.36. The smallest absolute Gasteiger partial charge is 0.272 e. The second-order valence-corrected chi connectivity index (χ2v) is 6.67. The summed E-state index contributed by atoms with van der Waals surface area (Å²) in [5, 5.41) is 7.06. The van der Waals surface area contributed by atoms with Crippen molar-refractivity contribution in [2.45, 2.75) is 26.9 Å². The number of aromatic amines is 2. The average molecular weight is 367 g/mol. The Hall–Kier alpha value is -3.42. The normalized spacial score (nSPS) is 11.6. The first-order valence-corrected chi connectivity index (χ1v) is 8.48. The molecule has 0 aliphatic carbocycles. The molecule has 0 radical (unpaired) electrons. The lowest BCUT2D eigenvalue weighted by Gasteiger charge is -2.15. The SMILES string of the molecule is Cc1cc2[nH]c(=O)c(N)c(-c3ccc(F)c4[nH]ncc34)c2nc1OC(C)C. The number of H-pyrrole nitrogens is 2. The summed E-state index contributed by atoms with van der Waals surface area (Å²) < 4.78 is 19.8. The lowest BCUT2D eigenvalue weighted by atomic mass is 9.99. The molecule has 4 rings (SSSR count). The molecule has 0 saturated heterocycles. The Morgan fingerprint density at radius 2 is 2.07 bits per heavy atom. The van der Waals surface area contributed by atoms with Crippen LogP contribution in [0.5, 0.6) is 5.88 Å². The van der Waals surface area contributed by atoms with Gasteiger partial charge in [-0.1, -0.05) is 6.07 Å². The molecule has 0 spiro atoms. The fourth-order valence-electron chi connectivity index (χ4n) is 3.15. The Kier molecular flexibility index (Phi) is 3.83. The van der Waals surface area contributed by atoms with Crippen LogP contribution >= 0.6 is 0 Å². The van der Waals surface area contributed by atoms with Crippen LogP contribution in [-0.2, 0) is 0 Å². The number of hydrogen-bond acceptors (Lipinski definition) is 5. The molecule has 0 bridgehead atoms. The van der Waals surface area contributed by atoms with Crippen LogP contribution in [0.2, 0.25) is 0 Å². The summed E-state index contributed by atoms with van der Waals surface area (Å²) in [4.78, 5) is 19.8. The van der Waals surface area contributed by atoms with Gasteiger partial charge in [-0.2, -0.15) is 5.10 Å². The molecule has 138 valence electrons. The molecule has 0 aliphatic rings. The van der Waals surface area contributed by atoms with Gasteiger partial charge in [-0.25, -0.2) is 9.37 Å². The molecule has 27 heavy (non-hydrogen) atoms. The van der Waals surface area contributed by atoms with E-state index >= 15 is 0 Å². The minimum atomic E-state index is -0.438. The quantitative estimate of drug-likeness (QED) is 0.515. The molecule has 0 atom stereocenters. The summed E-state index contributed by atoms with van der Waals surface area (Å²) in [5.74, 6) is 0.0161. The minimum absolute atomic E-state index is 0.00320. The van der Waals surface area contributed by atoms with E-state index in [-0.39, 0.29) is 17.3 Å². The number of hydrogen-bond donors (Lipinski definition) is 3. The van der Waals surface area contributed by atoms with E-state index in [0.717, 1.165) is 5.56 Å². The summed E-state index contributed by atoms with van der Waals surface area (Å²) >= 11 is 0. The van der Waals surface area contributed by atoms with E-state index in [4.69, 9.17) is 10.5 Å². The van der Waals surface area contributed by atoms with E-state index in [1.165, 1.54) is 12.3 Å². The number of aromatic nitrogens is 4. The van der Waals surface area contributed by atoms with Crippen LogP contribution in [0.15, 0.2) is 29.2 Å². The predicted molar refractivity (Wildman–Crippen MR) is 102 cm³/mol. The number of halogens is 1. The molecule has 8 heteroatoms. The van der Waals surface area contributed by atoms with Crippen LogP contribution in [0.1, 0.15) is 19.4 Å².